The van der Waals surface area contributed by atoms with Gasteiger partial charge in [-0.05, 0) is 25.7 Å². The highest BCUT2D eigenvalue weighted by Gasteiger charge is 2.31. The van der Waals surface area contributed by atoms with Gasteiger partial charge in [0.15, 0.2) is 0 Å². The van der Waals surface area contributed by atoms with Crippen LogP contribution in [0.2, 0.25) is 0 Å². The van der Waals surface area contributed by atoms with Gasteiger partial charge in [-0.2, -0.15) is 4.31 Å². The molecule has 0 aromatic carbocycles. The molecule has 0 aromatic rings. The highest BCUT2D eigenvalue weighted by atomic mass is 32.2. The van der Waals surface area contributed by atoms with Crippen LogP contribution in [0.5, 0.6) is 0 Å². The van der Waals surface area contributed by atoms with Crippen molar-refractivity contribution in [2.75, 3.05) is 25.9 Å². The van der Waals surface area contributed by atoms with Gasteiger partial charge < -0.3 is 4.90 Å². The Balaban J connectivity index is 2.03. The maximum Gasteiger partial charge on any atom is 0.237 e. The molecule has 19 heavy (non-hydrogen) atoms. The molecule has 0 N–H and O–H groups in total. The van der Waals surface area contributed by atoms with Crippen LogP contribution in [0, 0.1) is 0 Å². The second-order valence-electron chi connectivity index (χ2n) is 5.69. The Morgan fingerprint density at radius 2 is 1.68 bits per heavy atom. The summed E-state index contributed by atoms with van der Waals surface area (Å²) in [6.07, 6.45) is 8.37. The second kappa shape index (κ2) is 6.22. The average Bonchev–Trinajstić information content (AvgIpc) is 2.89. The van der Waals surface area contributed by atoms with E-state index in [1.54, 1.807) is 4.90 Å². The third-order valence-corrected chi connectivity index (χ3v) is 5.44. The lowest BCUT2D eigenvalue weighted by Crippen LogP contribution is -2.47. The van der Waals surface area contributed by atoms with E-state index < -0.39 is 10.0 Å². The summed E-state index contributed by atoms with van der Waals surface area (Å²) in [7, 11) is -3.30. The largest absolute Gasteiger partial charge is 0.342 e. The van der Waals surface area contributed by atoms with E-state index >= 15 is 0 Å². The molecule has 2 fully saturated rings. The molecule has 5 nitrogen and oxygen atoms in total. The molecule has 110 valence electrons. The molecule has 0 radical (unpaired) electrons. The first-order valence-electron chi connectivity index (χ1n) is 7.23. The molecule has 0 atom stereocenters. The summed E-state index contributed by atoms with van der Waals surface area (Å²) >= 11 is 0. The van der Waals surface area contributed by atoms with E-state index in [0.29, 0.717) is 0 Å². The summed E-state index contributed by atoms with van der Waals surface area (Å²) in [6.45, 7) is 1.59. The Labute approximate surface area is 116 Å². The maximum atomic E-state index is 12.2. The molecule has 1 saturated heterocycles. The van der Waals surface area contributed by atoms with Crippen LogP contribution in [-0.4, -0.2) is 55.5 Å². The molecule has 0 aromatic heterocycles. The lowest BCUT2D eigenvalue weighted by Gasteiger charge is -2.32. The van der Waals surface area contributed by atoms with E-state index in [0.717, 1.165) is 51.6 Å². The Kier molecular flexibility index (Phi) is 4.84. The predicted molar refractivity (Wildman–Crippen MR) is 74.2 cm³/mol. The number of hydrogen-bond acceptors (Lipinski definition) is 3. The number of carbonyl (C=O) groups excluding carboxylic acids is 1. The van der Waals surface area contributed by atoms with Crippen molar-refractivity contribution >= 4 is 15.9 Å². The number of sulfonamides is 1. The van der Waals surface area contributed by atoms with E-state index in [2.05, 4.69) is 0 Å². The molecular weight excluding hydrogens is 264 g/mol. The van der Waals surface area contributed by atoms with Gasteiger partial charge in [0.1, 0.15) is 0 Å². The molecule has 2 rings (SSSR count). The summed E-state index contributed by atoms with van der Waals surface area (Å²) < 4.78 is 25.3. The monoisotopic (exact) mass is 288 g/mol. The van der Waals surface area contributed by atoms with Crippen LogP contribution in [-0.2, 0) is 14.8 Å². The zero-order chi connectivity index (χ0) is 13.9. The fourth-order valence-corrected chi connectivity index (χ4v) is 4.18. The number of amides is 1. The van der Waals surface area contributed by atoms with Crippen molar-refractivity contribution in [3.63, 3.8) is 0 Å². The van der Waals surface area contributed by atoms with E-state index in [1.807, 2.05) is 0 Å². The van der Waals surface area contributed by atoms with Crippen LogP contribution in [0.4, 0.5) is 0 Å². The number of likely N-dealkylation sites (tertiary alicyclic amines) is 1. The first kappa shape index (κ1) is 14.8. The Morgan fingerprint density at radius 3 is 2.21 bits per heavy atom. The first-order valence-corrected chi connectivity index (χ1v) is 9.08. The molecule has 1 amide bonds. The van der Waals surface area contributed by atoms with Crippen molar-refractivity contribution in [1.82, 2.24) is 9.21 Å². The molecule has 1 aliphatic carbocycles. The van der Waals surface area contributed by atoms with Gasteiger partial charge in [0.05, 0.1) is 12.8 Å². The van der Waals surface area contributed by atoms with E-state index in [-0.39, 0.29) is 18.5 Å². The summed E-state index contributed by atoms with van der Waals surface area (Å²) in [5.74, 6) is -0.0338. The van der Waals surface area contributed by atoms with E-state index in [1.165, 1.54) is 17.0 Å². The van der Waals surface area contributed by atoms with Crippen molar-refractivity contribution in [2.24, 2.45) is 0 Å². The van der Waals surface area contributed by atoms with Gasteiger partial charge in [-0.25, -0.2) is 8.42 Å². The van der Waals surface area contributed by atoms with Gasteiger partial charge >= 0.3 is 0 Å². The van der Waals surface area contributed by atoms with Crippen LogP contribution in [0.25, 0.3) is 0 Å². The number of rotatable bonds is 4. The lowest BCUT2D eigenvalue weighted by atomic mass is 9.95. The molecule has 1 saturated carbocycles. The Hall–Kier alpha value is -0.620. The lowest BCUT2D eigenvalue weighted by molar-refractivity contribution is -0.130. The molecular formula is C13H24N2O3S. The normalized spacial score (nSPS) is 22.1. The molecule has 0 spiro atoms. The molecule has 0 unspecified atom stereocenters. The van der Waals surface area contributed by atoms with Gasteiger partial charge in [-0.15, -0.1) is 0 Å². The molecule has 6 heteroatoms. The van der Waals surface area contributed by atoms with Crippen LogP contribution >= 0.6 is 0 Å². The third-order valence-electron chi connectivity index (χ3n) is 4.16. The smallest absolute Gasteiger partial charge is 0.237 e. The number of carbonyl (C=O) groups is 1. The van der Waals surface area contributed by atoms with Gasteiger partial charge in [0.25, 0.3) is 0 Å². The summed E-state index contributed by atoms with van der Waals surface area (Å²) in [6, 6.07) is 0.0234. The summed E-state index contributed by atoms with van der Waals surface area (Å²) in [5, 5.41) is 0. The fraction of sp³-hybridized carbons (Fsp3) is 0.923. The minimum Gasteiger partial charge on any atom is -0.342 e. The summed E-state index contributed by atoms with van der Waals surface area (Å²) in [4.78, 5) is 14.0. The van der Waals surface area contributed by atoms with Gasteiger partial charge in [0.2, 0.25) is 15.9 Å². The van der Waals surface area contributed by atoms with E-state index in [9.17, 15) is 13.2 Å². The average molecular weight is 288 g/mol. The van der Waals surface area contributed by atoms with Gasteiger partial charge in [0, 0.05) is 19.1 Å². The fourth-order valence-electron chi connectivity index (χ4n) is 3.09. The standard InChI is InChI=1S/C13H24N2O3S/c1-19(17,18)15(12-7-3-2-4-8-12)11-13(16)14-9-5-6-10-14/h12H,2-11H2,1H3. The topological polar surface area (TPSA) is 57.7 Å². The number of nitrogens with zero attached hydrogens (tertiary/aromatic N) is 2. The third kappa shape index (κ3) is 3.92. The molecule has 1 aliphatic heterocycles. The van der Waals surface area contributed by atoms with Crippen LogP contribution in [0.3, 0.4) is 0 Å². The molecule has 2 aliphatic rings. The number of hydrogen-bond donors (Lipinski definition) is 0. The molecule has 1 heterocycles. The van der Waals surface area contributed by atoms with Crippen molar-refractivity contribution in [1.29, 1.82) is 0 Å². The second-order valence-corrected chi connectivity index (χ2v) is 7.62. The SMILES string of the molecule is CS(=O)(=O)N(CC(=O)N1CCCC1)C1CCCCC1. The van der Waals surface area contributed by atoms with Crippen molar-refractivity contribution < 1.29 is 13.2 Å². The van der Waals surface area contributed by atoms with E-state index in [4.69, 9.17) is 0 Å². The Morgan fingerprint density at radius 1 is 1.11 bits per heavy atom. The maximum absolute atomic E-state index is 12.2. The zero-order valence-corrected chi connectivity index (χ0v) is 12.5. The van der Waals surface area contributed by atoms with Gasteiger partial charge in [-0.1, -0.05) is 19.3 Å². The minimum absolute atomic E-state index is 0.0234. The van der Waals surface area contributed by atoms with Crippen LogP contribution < -0.4 is 0 Å². The molecule has 0 bridgehead atoms. The van der Waals surface area contributed by atoms with Crippen molar-refractivity contribution in [3.05, 3.63) is 0 Å². The van der Waals surface area contributed by atoms with Crippen LogP contribution in [0.1, 0.15) is 44.9 Å². The quantitative estimate of drug-likeness (QED) is 0.781. The first-order chi connectivity index (χ1) is 8.98. The minimum atomic E-state index is -3.30. The zero-order valence-electron chi connectivity index (χ0n) is 11.7. The van der Waals surface area contributed by atoms with Crippen molar-refractivity contribution in [3.8, 4) is 0 Å². The van der Waals surface area contributed by atoms with Crippen LogP contribution in [0.15, 0.2) is 0 Å². The Bertz CT molecular complexity index is 410. The van der Waals surface area contributed by atoms with Crippen molar-refractivity contribution in [2.45, 2.75) is 51.0 Å². The van der Waals surface area contributed by atoms with Gasteiger partial charge in [-0.3, -0.25) is 4.79 Å². The summed E-state index contributed by atoms with van der Waals surface area (Å²) in [5.41, 5.74) is 0. The highest BCUT2D eigenvalue weighted by Crippen LogP contribution is 2.24. The highest BCUT2D eigenvalue weighted by molar-refractivity contribution is 7.88. The predicted octanol–water partition coefficient (Wildman–Crippen LogP) is 1.20.